The second-order valence-electron chi connectivity index (χ2n) is 8.20. The molecule has 0 spiro atoms. The van der Waals surface area contributed by atoms with Crippen LogP contribution in [0.15, 0.2) is 36.4 Å². The number of fused-ring (bicyclic) bond motifs is 1. The largest absolute Gasteiger partial charge is 0.493 e. The van der Waals surface area contributed by atoms with Crippen LogP contribution in [0.5, 0.6) is 17.2 Å². The maximum Gasteiger partial charge on any atom is 0.203 e. The fraction of sp³-hybridized carbons (Fsp3) is 0.500. The molecule has 0 aliphatic carbocycles. The van der Waals surface area contributed by atoms with Crippen LogP contribution in [0.1, 0.15) is 48.9 Å². The first-order valence-corrected chi connectivity index (χ1v) is 10.7. The average molecular weight is 397 g/mol. The molecule has 5 heteroatoms. The Labute approximate surface area is 174 Å². The van der Waals surface area contributed by atoms with Crippen molar-refractivity contribution in [2.24, 2.45) is 0 Å². The molecule has 2 aromatic carbocycles. The van der Waals surface area contributed by atoms with Crippen molar-refractivity contribution in [3.8, 4) is 17.2 Å². The fourth-order valence-electron chi connectivity index (χ4n) is 4.31. The zero-order valence-corrected chi connectivity index (χ0v) is 17.7. The summed E-state index contributed by atoms with van der Waals surface area (Å²) < 4.78 is 17.4. The van der Waals surface area contributed by atoms with Crippen LogP contribution in [0.2, 0.25) is 0 Å². The van der Waals surface area contributed by atoms with Gasteiger partial charge in [-0.3, -0.25) is 4.90 Å². The Morgan fingerprint density at radius 3 is 2.83 bits per heavy atom. The lowest BCUT2D eigenvalue weighted by Crippen LogP contribution is -2.45. The van der Waals surface area contributed by atoms with E-state index in [0.29, 0.717) is 25.2 Å². The van der Waals surface area contributed by atoms with Gasteiger partial charge in [0.2, 0.25) is 5.75 Å². The van der Waals surface area contributed by atoms with Crippen LogP contribution in [-0.2, 0) is 6.54 Å². The molecule has 4 rings (SSSR count). The minimum Gasteiger partial charge on any atom is -0.493 e. The van der Waals surface area contributed by atoms with Crippen LogP contribution in [0.3, 0.4) is 0 Å². The van der Waals surface area contributed by atoms with E-state index in [0.717, 1.165) is 49.8 Å². The molecule has 2 aliphatic rings. The molecule has 0 radical (unpaired) electrons. The third-order valence-electron chi connectivity index (χ3n) is 5.75. The minimum absolute atomic E-state index is 0.352. The van der Waals surface area contributed by atoms with Crippen LogP contribution in [0.25, 0.3) is 0 Å². The molecule has 0 bridgehead atoms. The lowest BCUT2D eigenvalue weighted by atomic mass is 9.92. The monoisotopic (exact) mass is 396 g/mol. The van der Waals surface area contributed by atoms with E-state index in [1.165, 1.54) is 16.7 Å². The van der Waals surface area contributed by atoms with E-state index in [4.69, 9.17) is 14.2 Å². The number of benzene rings is 2. The zero-order chi connectivity index (χ0) is 20.2. The van der Waals surface area contributed by atoms with Crippen molar-refractivity contribution in [3.63, 3.8) is 0 Å². The Morgan fingerprint density at radius 2 is 2.00 bits per heavy atom. The van der Waals surface area contributed by atoms with Crippen molar-refractivity contribution < 1.29 is 14.2 Å². The summed E-state index contributed by atoms with van der Waals surface area (Å²) in [5.41, 5.74) is 4.05. The Balaban J connectivity index is 1.52. The Kier molecular flexibility index (Phi) is 6.26. The van der Waals surface area contributed by atoms with E-state index < -0.39 is 0 Å². The molecule has 156 valence electrons. The Morgan fingerprint density at radius 1 is 1.17 bits per heavy atom. The van der Waals surface area contributed by atoms with E-state index in [9.17, 15) is 0 Å². The molecule has 2 heterocycles. The Hall–Kier alpha value is -2.24. The molecule has 1 N–H and O–H groups in total. The summed E-state index contributed by atoms with van der Waals surface area (Å²) >= 11 is 0. The smallest absolute Gasteiger partial charge is 0.203 e. The van der Waals surface area contributed by atoms with Crippen molar-refractivity contribution in [1.29, 1.82) is 0 Å². The SMILES string of the molecule is COc1cc(CN2CCNC(c3ccccc3C(C)C)C2)cc2c1OCCCO2. The zero-order valence-electron chi connectivity index (χ0n) is 17.7. The lowest BCUT2D eigenvalue weighted by molar-refractivity contribution is 0.192. The molecule has 2 aliphatic heterocycles. The van der Waals surface area contributed by atoms with Gasteiger partial charge in [-0.2, -0.15) is 0 Å². The van der Waals surface area contributed by atoms with E-state index in [1.54, 1.807) is 7.11 Å². The highest BCUT2D eigenvalue weighted by atomic mass is 16.5. The van der Waals surface area contributed by atoms with E-state index in [1.807, 2.05) is 0 Å². The third kappa shape index (κ3) is 4.51. The van der Waals surface area contributed by atoms with Crippen molar-refractivity contribution in [1.82, 2.24) is 10.2 Å². The van der Waals surface area contributed by atoms with Gasteiger partial charge in [-0.15, -0.1) is 0 Å². The van der Waals surface area contributed by atoms with Gasteiger partial charge in [-0.1, -0.05) is 38.1 Å². The van der Waals surface area contributed by atoms with Gasteiger partial charge in [0.1, 0.15) is 0 Å². The van der Waals surface area contributed by atoms with Crippen LogP contribution in [0, 0.1) is 0 Å². The number of hydrogen-bond donors (Lipinski definition) is 1. The predicted molar refractivity (Wildman–Crippen MR) is 115 cm³/mol. The summed E-state index contributed by atoms with van der Waals surface area (Å²) in [6.07, 6.45) is 0.891. The van der Waals surface area contributed by atoms with Gasteiger partial charge in [-0.25, -0.2) is 0 Å². The average Bonchev–Trinajstić information content (AvgIpc) is 2.99. The number of methoxy groups -OCH3 is 1. The number of piperazine rings is 1. The summed E-state index contributed by atoms with van der Waals surface area (Å²) in [4.78, 5) is 2.51. The number of ether oxygens (including phenoxy) is 3. The molecular formula is C24H32N2O3. The lowest BCUT2D eigenvalue weighted by Gasteiger charge is -2.35. The first-order valence-electron chi connectivity index (χ1n) is 10.7. The van der Waals surface area contributed by atoms with Crippen LogP contribution in [0.4, 0.5) is 0 Å². The highest BCUT2D eigenvalue weighted by Gasteiger charge is 2.24. The molecule has 0 saturated carbocycles. The second kappa shape index (κ2) is 9.06. The van der Waals surface area contributed by atoms with Gasteiger partial charge >= 0.3 is 0 Å². The number of nitrogens with zero attached hydrogens (tertiary/aromatic N) is 1. The molecule has 1 unspecified atom stereocenters. The summed E-state index contributed by atoms with van der Waals surface area (Å²) in [6, 6.07) is 13.4. The van der Waals surface area contributed by atoms with Crippen molar-refractivity contribution >= 4 is 0 Å². The van der Waals surface area contributed by atoms with Gasteiger partial charge in [0.15, 0.2) is 11.5 Å². The molecular weight excluding hydrogens is 364 g/mol. The summed E-state index contributed by atoms with van der Waals surface area (Å²) in [7, 11) is 1.69. The molecule has 1 fully saturated rings. The topological polar surface area (TPSA) is 43.0 Å². The summed E-state index contributed by atoms with van der Waals surface area (Å²) in [5.74, 6) is 2.82. The van der Waals surface area contributed by atoms with Crippen LogP contribution >= 0.6 is 0 Å². The molecule has 2 aromatic rings. The van der Waals surface area contributed by atoms with E-state index >= 15 is 0 Å². The third-order valence-corrected chi connectivity index (χ3v) is 5.75. The van der Waals surface area contributed by atoms with Gasteiger partial charge < -0.3 is 19.5 Å². The molecule has 5 nitrogen and oxygen atoms in total. The van der Waals surface area contributed by atoms with Crippen molar-refractivity contribution in [2.75, 3.05) is 40.0 Å². The van der Waals surface area contributed by atoms with Crippen LogP contribution in [-0.4, -0.2) is 44.9 Å². The molecule has 0 amide bonds. The molecule has 1 saturated heterocycles. The number of hydrogen-bond acceptors (Lipinski definition) is 5. The highest BCUT2D eigenvalue weighted by Crippen LogP contribution is 2.40. The van der Waals surface area contributed by atoms with Gasteiger partial charge in [0.05, 0.1) is 20.3 Å². The first kappa shape index (κ1) is 20.0. The van der Waals surface area contributed by atoms with Gasteiger partial charge in [0, 0.05) is 38.6 Å². The normalized spacial score (nSPS) is 19.8. The number of rotatable bonds is 5. The molecule has 29 heavy (non-hydrogen) atoms. The van der Waals surface area contributed by atoms with E-state index in [2.05, 4.69) is 60.5 Å². The first-order chi connectivity index (χ1) is 14.2. The highest BCUT2D eigenvalue weighted by molar-refractivity contribution is 5.54. The van der Waals surface area contributed by atoms with Crippen molar-refractivity contribution in [3.05, 3.63) is 53.1 Å². The quantitative estimate of drug-likeness (QED) is 0.823. The minimum atomic E-state index is 0.352. The predicted octanol–water partition coefficient (Wildman–Crippen LogP) is 4.13. The maximum atomic E-state index is 5.92. The fourth-order valence-corrected chi connectivity index (χ4v) is 4.31. The standard InChI is InChI=1S/C24H32N2O3/c1-17(2)19-7-4-5-8-20(19)21-16-26(10-9-25-21)15-18-13-22(27-3)24-23(14-18)28-11-6-12-29-24/h4-5,7-8,13-14,17,21,25H,6,9-12,15-16H2,1-3H3. The Bertz CT molecular complexity index is 837. The van der Waals surface area contributed by atoms with Crippen molar-refractivity contribution in [2.45, 2.75) is 38.8 Å². The molecule has 0 aromatic heterocycles. The molecule has 1 atom stereocenters. The van der Waals surface area contributed by atoms with Gasteiger partial charge in [-0.05, 0) is 34.7 Å². The maximum absolute atomic E-state index is 5.92. The summed E-state index contributed by atoms with van der Waals surface area (Å²) in [6.45, 7) is 9.75. The van der Waals surface area contributed by atoms with Gasteiger partial charge in [0.25, 0.3) is 0 Å². The number of nitrogens with one attached hydrogen (secondary N) is 1. The van der Waals surface area contributed by atoms with E-state index in [-0.39, 0.29) is 0 Å². The van der Waals surface area contributed by atoms with Crippen LogP contribution < -0.4 is 19.5 Å². The summed E-state index contributed by atoms with van der Waals surface area (Å²) in [5, 5.41) is 3.72. The second-order valence-corrected chi connectivity index (χ2v) is 8.20.